The molecule has 1 atom stereocenters. The predicted molar refractivity (Wildman–Crippen MR) is 66.1 cm³/mol. The lowest BCUT2D eigenvalue weighted by molar-refractivity contribution is 0.212. The van der Waals surface area contributed by atoms with Gasteiger partial charge in [-0.1, -0.05) is 12.1 Å². The van der Waals surface area contributed by atoms with Gasteiger partial charge in [-0.05, 0) is 18.9 Å². The lowest BCUT2D eigenvalue weighted by Gasteiger charge is -2.21. The topological polar surface area (TPSA) is 41.6 Å². The minimum Gasteiger partial charge on any atom is -0.490 e. The number of nitrogens with zero attached hydrogens (tertiary/aromatic N) is 1. The molecular formula is C13H17FN2O2. The highest BCUT2D eigenvalue weighted by Gasteiger charge is 2.23. The summed E-state index contributed by atoms with van der Waals surface area (Å²) in [5.74, 6) is -0.113. The number of fused-ring (bicyclic) bond motifs is 1. The van der Waals surface area contributed by atoms with E-state index in [4.69, 9.17) is 4.74 Å². The molecule has 0 saturated heterocycles. The molecule has 1 aliphatic heterocycles. The Hall–Kier alpha value is -1.78. The molecule has 0 aromatic heterocycles. The highest BCUT2D eigenvalue weighted by atomic mass is 19.1. The van der Waals surface area contributed by atoms with Crippen molar-refractivity contribution in [3.8, 4) is 5.75 Å². The number of carbonyl (C=O) groups is 1. The van der Waals surface area contributed by atoms with Gasteiger partial charge in [0.2, 0.25) is 0 Å². The SMILES string of the molecule is CN(C)C(=O)NC1CCCOc2c(F)cccc21. The minimum absolute atomic E-state index is 0.183. The fourth-order valence-electron chi connectivity index (χ4n) is 2.00. The maximum Gasteiger partial charge on any atom is 0.317 e. The molecule has 2 amide bonds. The van der Waals surface area contributed by atoms with Gasteiger partial charge in [0, 0.05) is 19.7 Å². The van der Waals surface area contributed by atoms with Crippen molar-refractivity contribution < 1.29 is 13.9 Å². The Kier molecular flexibility index (Phi) is 3.69. The third kappa shape index (κ3) is 2.55. The van der Waals surface area contributed by atoms with E-state index >= 15 is 0 Å². The van der Waals surface area contributed by atoms with Crippen molar-refractivity contribution in [1.82, 2.24) is 10.2 Å². The number of carbonyl (C=O) groups excluding carboxylic acids is 1. The van der Waals surface area contributed by atoms with E-state index in [9.17, 15) is 9.18 Å². The molecule has 1 aliphatic rings. The first-order chi connectivity index (χ1) is 8.59. The minimum atomic E-state index is -0.376. The number of benzene rings is 1. The number of hydrogen-bond acceptors (Lipinski definition) is 2. The lowest BCUT2D eigenvalue weighted by atomic mass is 10.0. The highest BCUT2D eigenvalue weighted by molar-refractivity contribution is 5.74. The predicted octanol–water partition coefficient (Wildman–Crippen LogP) is 2.31. The van der Waals surface area contributed by atoms with E-state index in [2.05, 4.69) is 5.32 Å². The van der Waals surface area contributed by atoms with E-state index in [1.807, 2.05) is 0 Å². The summed E-state index contributed by atoms with van der Waals surface area (Å²) in [5, 5.41) is 2.88. The summed E-state index contributed by atoms with van der Waals surface area (Å²) in [4.78, 5) is 13.2. The summed E-state index contributed by atoms with van der Waals surface area (Å²) in [6.07, 6.45) is 1.53. The van der Waals surface area contributed by atoms with Gasteiger partial charge < -0.3 is 15.0 Å². The Morgan fingerprint density at radius 1 is 1.50 bits per heavy atom. The molecule has 98 valence electrons. The quantitative estimate of drug-likeness (QED) is 0.833. The molecule has 0 saturated carbocycles. The zero-order valence-electron chi connectivity index (χ0n) is 10.6. The first kappa shape index (κ1) is 12.7. The third-order valence-electron chi connectivity index (χ3n) is 2.96. The van der Waals surface area contributed by atoms with E-state index in [-0.39, 0.29) is 23.6 Å². The van der Waals surface area contributed by atoms with E-state index in [1.165, 1.54) is 11.0 Å². The van der Waals surface area contributed by atoms with Crippen molar-refractivity contribution in [3.05, 3.63) is 29.6 Å². The second kappa shape index (κ2) is 5.25. The Labute approximate surface area is 106 Å². The molecule has 2 rings (SSSR count). The molecule has 1 aromatic rings. The van der Waals surface area contributed by atoms with Crippen LogP contribution >= 0.6 is 0 Å². The summed E-state index contributed by atoms with van der Waals surface area (Å²) in [5.41, 5.74) is 0.711. The molecule has 5 heteroatoms. The van der Waals surface area contributed by atoms with Crippen LogP contribution in [-0.2, 0) is 0 Å². The fourth-order valence-corrected chi connectivity index (χ4v) is 2.00. The van der Waals surface area contributed by atoms with Gasteiger partial charge in [-0.15, -0.1) is 0 Å². The second-order valence-corrected chi connectivity index (χ2v) is 4.55. The van der Waals surface area contributed by atoms with Gasteiger partial charge >= 0.3 is 6.03 Å². The van der Waals surface area contributed by atoms with Gasteiger partial charge in [-0.2, -0.15) is 0 Å². The smallest absolute Gasteiger partial charge is 0.317 e. The van der Waals surface area contributed by atoms with Crippen molar-refractivity contribution in [2.45, 2.75) is 18.9 Å². The number of ether oxygens (including phenoxy) is 1. The molecule has 0 spiro atoms. The van der Waals surface area contributed by atoms with Gasteiger partial charge in [-0.3, -0.25) is 0 Å². The van der Waals surface area contributed by atoms with E-state index in [0.717, 1.165) is 12.8 Å². The monoisotopic (exact) mass is 252 g/mol. The van der Waals surface area contributed by atoms with Crippen LogP contribution in [0.15, 0.2) is 18.2 Å². The summed E-state index contributed by atoms with van der Waals surface area (Å²) >= 11 is 0. The maximum absolute atomic E-state index is 13.7. The maximum atomic E-state index is 13.7. The van der Waals surface area contributed by atoms with Crippen molar-refractivity contribution in [2.75, 3.05) is 20.7 Å². The Morgan fingerprint density at radius 3 is 3.00 bits per heavy atom. The highest BCUT2D eigenvalue weighted by Crippen LogP contribution is 2.33. The number of nitrogens with one attached hydrogen (secondary N) is 1. The number of amides is 2. The van der Waals surface area contributed by atoms with Crippen LogP contribution in [0.25, 0.3) is 0 Å². The molecule has 1 aromatic carbocycles. The van der Waals surface area contributed by atoms with Crippen LogP contribution < -0.4 is 10.1 Å². The lowest BCUT2D eigenvalue weighted by Crippen LogP contribution is -2.37. The summed E-state index contributed by atoms with van der Waals surface area (Å²) in [7, 11) is 3.35. The first-order valence-corrected chi connectivity index (χ1v) is 5.98. The van der Waals surface area contributed by atoms with Crippen LogP contribution in [-0.4, -0.2) is 31.6 Å². The van der Waals surface area contributed by atoms with Crippen LogP contribution in [0, 0.1) is 5.82 Å². The average molecular weight is 252 g/mol. The summed E-state index contributed by atoms with van der Waals surface area (Å²) in [6.45, 7) is 0.474. The van der Waals surface area contributed by atoms with Crippen molar-refractivity contribution in [1.29, 1.82) is 0 Å². The van der Waals surface area contributed by atoms with Crippen LogP contribution in [0.4, 0.5) is 9.18 Å². The number of urea groups is 1. The van der Waals surface area contributed by atoms with Crippen molar-refractivity contribution >= 4 is 6.03 Å². The molecule has 1 heterocycles. The van der Waals surface area contributed by atoms with Gasteiger partial charge in [0.1, 0.15) is 0 Å². The Morgan fingerprint density at radius 2 is 2.28 bits per heavy atom. The first-order valence-electron chi connectivity index (χ1n) is 5.98. The number of rotatable bonds is 1. The van der Waals surface area contributed by atoms with E-state index in [0.29, 0.717) is 12.2 Å². The van der Waals surface area contributed by atoms with Crippen LogP contribution in [0.2, 0.25) is 0 Å². The second-order valence-electron chi connectivity index (χ2n) is 4.55. The van der Waals surface area contributed by atoms with Crippen molar-refractivity contribution in [2.24, 2.45) is 0 Å². The fraction of sp³-hybridized carbons (Fsp3) is 0.462. The summed E-state index contributed by atoms with van der Waals surface area (Å²) < 4.78 is 19.1. The zero-order chi connectivity index (χ0) is 13.1. The van der Waals surface area contributed by atoms with Crippen molar-refractivity contribution in [3.63, 3.8) is 0 Å². The molecule has 0 fully saturated rings. The number of halogens is 1. The standard InChI is InChI=1S/C13H17FN2O2/c1-16(2)13(17)15-11-7-4-8-18-12-9(11)5-3-6-10(12)14/h3,5-6,11H,4,7-8H2,1-2H3,(H,15,17). The number of hydrogen-bond donors (Lipinski definition) is 1. The van der Waals surface area contributed by atoms with Gasteiger partial charge in [0.05, 0.1) is 12.6 Å². The zero-order valence-corrected chi connectivity index (χ0v) is 10.6. The molecule has 1 N–H and O–H groups in total. The molecule has 18 heavy (non-hydrogen) atoms. The Bertz CT molecular complexity index is 449. The van der Waals surface area contributed by atoms with Crippen LogP contribution in [0.1, 0.15) is 24.4 Å². The van der Waals surface area contributed by atoms with Gasteiger partial charge in [0.15, 0.2) is 11.6 Å². The van der Waals surface area contributed by atoms with Gasteiger partial charge in [0.25, 0.3) is 0 Å². The molecule has 0 aliphatic carbocycles. The van der Waals surface area contributed by atoms with E-state index < -0.39 is 0 Å². The largest absolute Gasteiger partial charge is 0.490 e. The van der Waals surface area contributed by atoms with E-state index in [1.54, 1.807) is 26.2 Å². The average Bonchev–Trinajstić information content (AvgIpc) is 2.53. The molecule has 0 bridgehead atoms. The molecule has 1 unspecified atom stereocenters. The Balaban J connectivity index is 2.27. The molecular weight excluding hydrogens is 235 g/mol. The van der Waals surface area contributed by atoms with Crippen LogP contribution in [0.5, 0.6) is 5.75 Å². The molecule has 0 radical (unpaired) electrons. The number of para-hydroxylation sites is 1. The normalized spacial score (nSPS) is 18.3. The van der Waals surface area contributed by atoms with Gasteiger partial charge in [-0.25, -0.2) is 9.18 Å². The molecule has 4 nitrogen and oxygen atoms in total. The summed E-state index contributed by atoms with van der Waals surface area (Å²) in [6, 6.07) is 4.42. The third-order valence-corrected chi connectivity index (χ3v) is 2.96. The van der Waals surface area contributed by atoms with Crippen LogP contribution in [0.3, 0.4) is 0 Å².